The van der Waals surface area contributed by atoms with E-state index in [0.717, 1.165) is 0 Å². The third kappa shape index (κ3) is 29.5. The van der Waals surface area contributed by atoms with Crippen LogP contribution in [0, 0.1) is 5.92 Å². The Morgan fingerprint density at radius 3 is 1.56 bits per heavy atom. The van der Waals surface area contributed by atoms with Crippen LogP contribution in [-0.2, 0) is 14.7 Å². The predicted molar refractivity (Wildman–Crippen MR) is 77.8 cm³/mol. The molecule has 1 aromatic rings. The van der Waals surface area contributed by atoms with E-state index in [0.29, 0.717) is 7.92 Å². The van der Waals surface area contributed by atoms with Crippen molar-refractivity contribution in [2.75, 3.05) is 19.5 Å². The summed E-state index contributed by atoms with van der Waals surface area (Å²) < 4.78 is 0. The molecule has 0 fully saturated rings. The van der Waals surface area contributed by atoms with Crippen molar-refractivity contribution in [3.8, 4) is 0 Å². The molecule has 95 valence electrons. The van der Waals surface area contributed by atoms with Gasteiger partial charge >= 0.3 is 42.6 Å². The first-order valence-electron chi connectivity index (χ1n) is 4.80. The largest absolute Gasteiger partial charge is 0.214 e. The van der Waals surface area contributed by atoms with Crippen molar-refractivity contribution in [2.24, 2.45) is 0 Å². The summed E-state index contributed by atoms with van der Waals surface area (Å²) in [5, 5.41) is 0. The van der Waals surface area contributed by atoms with Crippen molar-refractivity contribution in [2.45, 2.75) is 13.8 Å². The molecule has 0 aliphatic rings. The van der Waals surface area contributed by atoms with Gasteiger partial charge in [-0.15, -0.1) is 7.92 Å². The van der Waals surface area contributed by atoms with Crippen molar-refractivity contribution in [3.63, 3.8) is 0 Å². The Kier molecular flexibility index (Phi) is 17.8. The van der Waals surface area contributed by atoms with Gasteiger partial charge in [0, 0.05) is 0 Å². The Bertz CT molecular complexity index is 175. The molecule has 5 heteroatoms. The second kappa shape index (κ2) is 14.4. The van der Waals surface area contributed by atoms with Gasteiger partial charge in [0.05, 0.1) is 0 Å². The number of halogens is 3. The van der Waals surface area contributed by atoms with E-state index < -0.39 is 14.7 Å². The van der Waals surface area contributed by atoms with Crippen LogP contribution in [-0.4, -0.2) is 19.5 Å². The molecule has 0 bridgehead atoms. The minimum Gasteiger partial charge on any atom is -0.214 e. The molecule has 0 unspecified atom stereocenters. The third-order valence-corrected chi connectivity index (χ3v) is 2.45. The zero-order valence-corrected chi connectivity index (χ0v) is 14.9. The molecule has 0 aromatic heterocycles. The summed E-state index contributed by atoms with van der Waals surface area (Å²) in [6, 6.07) is 10.0. The molecule has 0 heterocycles. The van der Waals surface area contributed by atoms with Crippen LogP contribution < -0.4 is 0 Å². The molecule has 1 aromatic carbocycles. The first kappa shape index (κ1) is 19.7. The van der Waals surface area contributed by atoms with E-state index in [2.05, 4.69) is 27.2 Å². The van der Waals surface area contributed by atoms with Gasteiger partial charge in [-0.2, -0.15) is 38.2 Å². The number of rotatable bonds is 2. The molecule has 0 spiro atoms. The van der Waals surface area contributed by atoms with Gasteiger partial charge in [-0.05, 0) is 13.3 Å². The van der Waals surface area contributed by atoms with Crippen LogP contribution in [0.3, 0.4) is 0 Å². The maximum Gasteiger partial charge on any atom is -0.172 e. The molecular formula is C11H19Cl3PTi-2. The first-order valence-corrected chi connectivity index (χ1v) is 13.7. The first-order chi connectivity index (χ1) is 7.36. The number of hydrogen-bond acceptors (Lipinski definition) is 0. The Hall–Kier alpha value is 1.36. The van der Waals surface area contributed by atoms with E-state index in [1.165, 1.54) is 6.16 Å². The summed E-state index contributed by atoms with van der Waals surface area (Å²) in [6.45, 7) is 9.01. The van der Waals surface area contributed by atoms with Gasteiger partial charge < -0.3 is 5.92 Å². The van der Waals surface area contributed by atoms with Crippen LogP contribution in [0.2, 0.25) is 0 Å². The molecule has 0 nitrogen and oxygen atoms in total. The average molecular weight is 336 g/mol. The molecule has 0 saturated carbocycles. The van der Waals surface area contributed by atoms with E-state index in [4.69, 9.17) is 27.9 Å². The summed E-state index contributed by atoms with van der Waals surface area (Å²) in [5.74, 6) is 1.57. The van der Waals surface area contributed by atoms with Crippen molar-refractivity contribution in [1.82, 2.24) is 0 Å². The molecule has 0 atom stereocenters. The number of hydrogen-bond donors (Lipinski definition) is 0. The van der Waals surface area contributed by atoms with Crippen LogP contribution in [0.15, 0.2) is 30.3 Å². The van der Waals surface area contributed by atoms with Crippen LogP contribution in [0.25, 0.3) is 0 Å². The monoisotopic (exact) mass is 335 g/mol. The predicted octanol–water partition coefficient (Wildman–Crippen LogP) is 5.81. The minimum absolute atomic E-state index is 0.323. The van der Waals surface area contributed by atoms with Gasteiger partial charge in [-0.3, -0.25) is 0 Å². The Balaban J connectivity index is 0. The second-order valence-corrected chi connectivity index (χ2v) is 13.8. The van der Waals surface area contributed by atoms with E-state index in [-0.39, 0.29) is 0 Å². The fraction of sp³-hybridized carbons (Fsp3) is 0.455. The summed E-state index contributed by atoms with van der Waals surface area (Å²) in [6.07, 6.45) is 1.34. The zero-order valence-electron chi connectivity index (χ0n) is 10.2. The summed E-state index contributed by atoms with van der Waals surface area (Å²) >= 11 is -1.92. The Morgan fingerprint density at radius 2 is 1.50 bits per heavy atom. The molecule has 16 heavy (non-hydrogen) atoms. The molecule has 0 radical (unpaired) electrons. The van der Waals surface area contributed by atoms with E-state index in [9.17, 15) is 0 Å². The van der Waals surface area contributed by atoms with E-state index in [1.807, 2.05) is 30.3 Å². The van der Waals surface area contributed by atoms with Crippen molar-refractivity contribution in [3.05, 3.63) is 36.2 Å². The normalized spacial score (nSPS) is 9.06. The van der Waals surface area contributed by atoms with Crippen LogP contribution in [0.5, 0.6) is 0 Å². The standard InChI is InChI=1S/C6H14P.C5H5.3ClH.Ti/c1-6(2)5-7(3)4;1-2-4-5-3-1;;;;/h5H2,1-4H3;1-5H;3*1H;/q2*-1;;;;+3/p-3. The Morgan fingerprint density at radius 1 is 1.12 bits per heavy atom. The van der Waals surface area contributed by atoms with Crippen LogP contribution in [0.4, 0.5) is 0 Å². The topological polar surface area (TPSA) is 0 Å². The maximum absolute atomic E-state index is 4.97. The summed E-state index contributed by atoms with van der Waals surface area (Å²) in [7, 11) is 15.2. The smallest absolute Gasteiger partial charge is 0.172 e. The van der Waals surface area contributed by atoms with Gasteiger partial charge in [-0.1, -0.05) is 0 Å². The zero-order chi connectivity index (χ0) is 13.0. The van der Waals surface area contributed by atoms with Crippen molar-refractivity contribution < 1.29 is 14.7 Å². The van der Waals surface area contributed by atoms with Crippen LogP contribution >= 0.6 is 35.8 Å². The van der Waals surface area contributed by atoms with E-state index >= 15 is 0 Å². The summed E-state index contributed by atoms with van der Waals surface area (Å²) in [4.78, 5) is 0. The van der Waals surface area contributed by atoms with Crippen molar-refractivity contribution >= 4 is 35.8 Å². The van der Waals surface area contributed by atoms with Gasteiger partial charge in [0.15, 0.2) is 0 Å². The second-order valence-electron chi connectivity index (χ2n) is 3.62. The molecule has 1 rings (SSSR count). The third-order valence-electron chi connectivity index (χ3n) is 1.19. The molecule has 0 aliphatic heterocycles. The van der Waals surface area contributed by atoms with Gasteiger partial charge in [0.1, 0.15) is 0 Å². The molecule has 0 saturated heterocycles. The molecule has 0 amide bonds. The quantitative estimate of drug-likeness (QED) is 0.363. The summed E-state index contributed by atoms with van der Waals surface area (Å²) in [5.41, 5.74) is 0. The van der Waals surface area contributed by atoms with E-state index in [1.54, 1.807) is 5.92 Å². The molecule has 0 aliphatic carbocycles. The Labute approximate surface area is 119 Å². The minimum atomic E-state index is -1.92. The van der Waals surface area contributed by atoms with Gasteiger partial charge in [-0.25, -0.2) is 12.1 Å². The average Bonchev–Trinajstić information content (AvgIpc) is 2.54. The van der Waals surface area contributed by atoms with Crippen molar-refractivity contribution in [1.29, 1.82) is 0 Å². The maximum atomic E-state index is 4.97. The molecular weight excluding hydrogens is 317 g/mol. The van der Waals surface area contributed by atoms with Gasteiger partial charge in [0.25, 0.3) is 0 Å². The fourth-order valence-electron chi connectivity index (χ4n) is 0.953. The fourth-order valence-corrected chi connectivity index (χ4v) is 2.22. The SMILES string of the molecule is C[C-](C)CP(C)C.[Cl][Ti]([Cl])[Cl].c1cc[cH-]c1. The molecule has 0 N–H and O–H groups in total. The van der Waals surface area contributed by atoms with Crippen LogP contribution in [0.1, 0.15) is 13.8 Å². The van der Waals surface area contributed by atoms with Gasteiger partial charge in [0.2, 0.25) is 0 Å².